The lowest BCUT2D eigenvalue weighted by Crippen LogP contribution is -2.32. The Morgan fingerprint density at radius 1 is 1.27 bits per heavy atom. The van der Waals surface area contributed by atoms with Crippen LogP contribution < -0.4 is 10.1 Å². The third kappa shape index (κ3) is 4.12. The zero-order chi connectivity index (χ0) is 14.5. The normalized spacial score (nSPS) is 15.3. The Morgan fingerprint density at radius 2 is 2.00 bits per heavy atom. The van der Waals surface area contributed by atoms with Crippen LogP contribution in [0.3, 0.4) is 0 Å². The summed E-state index contributed by atoms with van der Waals surface area (Å²) in [5.74, 6) is 0.904. The van der Waals surface area contributed by atoms with Crippen LogP contribution in [0.2, 0.25) is 0 Å². The topological polar surface area (TPSA) is 95.2 Å². The van der Waals surface area contributed by atoms with E-state index in [2.05, 4.69) is 25.4 Å². The largest absolute Gasteiger partial charge is 0.467 e. The fourth-order valence-corrected chi connectivity index (χ4v) is 2.12. The first-order valence-electron chi connectivity index (χ1n) is 6.86. The minimum atomic E-state index is 0. The molecule has 1 aliphatic rings. The van der Waals surface area contributed by atoms with E-state index in [1.165, 1.54) is 7.11 Å². The molecule has 3 rings (SSSR count). The Bertz CT molecular complexity index is 571. The van der Waals surface area contributed by atoms with Crippen molar-refractivity contribution in [2.24, 2.45) is 0 Å². The number of aromatic nitrogens is 4. The monoisotopic (exact) mass is 327 g/mol. The third-order valence-corrected chi connectivity index (χ3v) is 3.27. The molecule has 0 aromatic carbocycles. The van der Waals surface area contributed by atoms with Crippen LogP contribution in [0.25, 0.3) is 11.4 Å². The van der Waals surface area contributed by atoms with Gasteiger partial charge in [-0.1, -0.05) is 5.16 Å². The zero-order valence-electron chi connectivity index (χ0n) is 12.2. The molecule has 22 heavy (non-hydrogen) atoms. The maximum absolute atomic E-state index is 5.77. The molecule has 8 nitrogen and oxygen atoms in total. The van der Waals surface area contributed by atoms with Crippen LogP contribution in [0.5, 0.6) is 6.01 Å². The maximum Gasteiger partial charge on any atom is 0.316 e. The van der Waals surface area contributed by atoms with E-state index in [1.807, 2.05) is 0 Å². The van der Waals surface area contributed by atoms with Crippen molar-refractivity contribution in [3.05, 3.63) is 18.3 Å². The van der Waals surface area contributed by atoms with Gasteiger partial charge in [-0.2, -0.15) is 4.98 Å². The van der Waals surface area contributed by atoms with Crippen molar-refractivity contribution < 1.29 is 14.0 Å². The number of nitrogens with one attached hydrogen (secondary N) is 1. The summed E-state index contributed by atoms with van der Waals surface area (Å²) in [4.78, 5) is 12.3. The SMILES string of the molecule is COc1ncc(-c2noc(COC3CCNCC3)n2)cn1.Cl. The van der Waals surface area contributed by atoms with Crippen LogP contribution in [0.1, 0.15) is 18.7 Å². The smallest absolute Gasteiger partial charge is 0.316 e. The van der Waals surface area contributed by atoms with Crippen molar-refractivity contribution in [3.8, 4) is 17.4 Å². The van der Waals surface area contributed by atoms with Crippen LogP contribution in [0, 0.1) is 0 Å². The van der Waals surface area contributed by atoms with Gasteiger partial charge in [-0.15, -0.1) is 12.4 Å². The van der Waals surface area contributed by atoms with Gasteiger partial charge in [0.05, 0.1) is 18.8 Å². The summed E-state index contributed by atoms with van der Waals surface area (Å²) in [6.07, 6.45) is 5.45. The van der Waals surface area contributed by atoms with E-state index in [1.54, 1.807) is 12.4 Å². The number of rotatable bonds is 5. The molecule has 0 spiro atoms. The van der Waals surface area contributed by atoms with Gasteiger partial charge >= 0.3 is 6.01 Å². The molecule has 0 amide bonds. The number of ether oxygens (including phenoxy) is 2. The predicted octanol–water partition coefficient (Wildman–Crippen LogP) is 1.23. The summed E-state index contributed by atoms with van der Waals surface area (Å²) in [5, 5.41) is 7.20. The van der Waals surface area contributed by atoms with Crippen molar-refractivity contribution in [2.45, 2.75) is 25.6 Å². The quantitative estimate of drug-likeness (QED) is 0.876. The molecule has 0 radical (unpaired) electrons. The molecular formula is C13H18ClN5O3. The minimum Gasteiger partial charge on any atom is -0.467 e. The molecule has 0 aliphatic carbocycles. The molecule has 2 aromatic heterocycles. The van der Waals surface area contributed by atoms with Gasteiger partial charge in [0.2, 0.25) is 5.82 Å². The molecule has 120 valence electrons. The molecule has 0 unspecified atom stereocenters. The highest BCUT2D eigenvalue weighted by Gasteiger charge is 2.16. The summed E-state index contributed by atoms with van der Waals surface area (Å²) in [7, 11) is 1.51. The van der Waals surface area contributed by atoms with E-state index in [4.69, 9.17) is 14.0 Å². The summed E-state index contributed by atoms with van der Waals surface area (Å²) < 4.78 is 15.8. The molecule has 1 aliphatic heterocycles. The number of hydrogen-bond donors (Lipinski definition) is 1. The van der Waals surface area contributed by atoms with Crippen LogP contribution >= 0.6 is 12.4 Å². The first-order chi connectivity index (χ1) is 10.3. The number of hydrogen-bond acceptors (Lipinski definition) is 8. The molecule has 2 aromatic rings. The second kappa shape index (κ2) is 8.02. The Morgan fingerprint density at radius 3 is 2.68 bits per heavy atom. The summed E-state index contributed by atoms with van der Waals surface area (Å²) in [6.45, 7) is 2.31. The fraction of sp³-hybridized carbons (Fsp3) is 0.538. The molecule has 3 heterocycles. The minimum absolute atomic E-state index is 0. The van der Waals surface area contributed by atoms with E-state index in [9.17, 15) is 0 Å². The lowest BCUT2D eigenvalue weighted by molar-refractivity contribution is 0.00859. The highest BCUT2D eigenvalue weighted by Crippen LogP contribution is 2.16. The number of halogens is 1. The van der Waals surface area contributed by atoms with E-state index in [0.717, 1.165) is 25.9 Å². The predicted molar refractivity (Wildman–Crippen MR) is 79.8 cm³/mol. The van der Waals surface area contributed by atoms with Gasteiger partial charge in [0.25, 0.3) is 5.89 Å². The van der Waals surface area contributed by atoms with E-state index < -0.39 is 0 Å². The lowest BCUT2D eigenvalue weighted by Gasteiger charge is -2.21. The lowest BCUT2D eigenvalue weighted by atomic mass is 10.1. The Hall–Kier alpha value is -1.77. The van der Waals surface area contributed by atoms with Crippen LogP contribution in [-0.4, -0.2) is 46.4 Å². The van der Waals surface area contributed by atoms with Crippen molar-refractivity contribution in [1.82, 2.24) is 25.4 Å². The van der Waals surface area contributed by atoms with E-state index in [0.29, 0.717) is 29.9 Å². The van der Waals surface area contributed by atoms with Gasteiger partial charge in [0.1, 0.15) is 6.61 Å². The molecule has 0 atom stereocenters. The Balaban J connectivity index is 0.00000176. The molecule has 0 saturated carbocycles. The van der Waals surface area contributed by atoms with Crippen LogP contribution in [-0.2, 0) is 11.3 Å². The second-order valence-electron chi connectivity index (χ2n) is 4.73. The average Bonchev–Trinajstić information content (AvgIpc) is 3.03. The highest BCUT2D eigenvalue weighted by atomic mass is 35.5. The van der Waals surface area contributed by atoms with Crippen molar-refractivity contribution in [1.29, 1.82) is 0 Å². The Kier molecular flexibility index (Phi) is 6.05. The number of piperidine rings is 1. The van der Waals surface area contributed by atoms with Crippen LogP contribution in [0.4, 0.5) is 0 Å². The van der Waals surface area contributed by atoms with Gasteiger partial charge in [-0.05, 0) is 25.9 Å². The zero-order valence-corrected chi connectivity index (χ0v) is 13.0. The summed E-state index contributed by atoms with van der Waals surface area (Å²) in [6, 6.07) is 0.303. The molecule has 1 N–H and O–H groups in total. The van der Waals surface area contributed by atoms with Crippen molar-refractivity contribution in [3.63, 3.8) is 0 Å². The molecular weight excluding hydrogens is 310 g/mol. The van der Waals surface area contributed by atoms with Gasteiger partial charge in [-0.3, -0.25) is 0 Å². The molecule has 1 saturated heterocycles. The fourth-order valence-electron chi connectivity index (χ4n) is 2.12. The molecule has 1 fully saturated rings. The van der Waals surface area contributed by atoms with E-state index >= 15 is 0 Å². The average molecular weight is 328 g/mol. The van der Waals surface area contributed by atoms with E-state index in [-0.39, 0.29) is 18.5 Å². The first-order valence-corrected chi connectivity index (χ1v) is 6.86. The molecule has 0 bridgehead atoms. The molecule has 9 heteroatoms. The maximum atomic E-state index is 5.77. The Labute approximate surface area is 134 Å². The number of nitrogens with zero attached hydrogens (tertiary/aromatic N) is 4. The van der Waals surface area contributed by atoms with Gasteiger partial charge in [-0.25, -0.2) is 9.97 Å². The van der Waals surface area contributed by atoms with Gasteiger partial charge < -0.3 is 19.3 Å². The summed E-state index contributed by atoms with van der Waals surface area (Å²) >= 11 is 0. The van der Waals surface area contributed by atoms with Crippen molar-refractivity contribution >= 4 is 12.4 Å². The van der Waals surface area contributed by atoms with Crippen molar-refractivity contribution in [2.75, 3.05) is 20.2 Å². The van der Waals surface area contributed by atoms with Gasteiger partial charge in [0, 0.05) is 12.4 Å². The first kappa shape index (κ1) is 16.6. The van der Waals surface area contributed by atoms with Crippen LogP contribution in [0.15, 0.2) is 16.9 Å². The highest BCUT2D eigenvalue weighted by molar-refractivity contribution is 5.85. The third-order valence-electron chi connectivity index (χ3n) is 3.27. The standard InChI is InChI=1S/C13H17N5O3.ClH/c1-19-13-15-6-9(7-16-13)12-17-11(21-18-12)8-20-10-2-4-14-5-3-10;/h6-7,10,14H,2-5,8H2,1H3;1H. The van der Waals surface area contributed by atoms with Gasteiger partial charge in [0.15, 0.2) is 0 Å². The second-order valence-corrected chi connectivity index (χ2v) is 4.73. The summed E-state index contributed by atoms with van der Waals surface area (Å²) in [5.41, 5.74) is 0.674. The number of methoxy groups -OCH3 is 1.